The van der Waals surface area contributed by atoms with Gasteiger partial charge in [0.1, 0.15) is 11.5 Å². The van der Waals surface area contributed by atoms with E-state index in [9.17, 15) is 19.2 Å². The predicted molar refractivity (Wildman–Crippen MR) is 163 cm³/mol. The van der Waals surface area contributed by atoms with E-state index in [0.717, 1.165) is 11.1 Å². The molecule has 0 saturated carbocycles. The standard InChI is InChI=1S/2C16H12ClNO4/c2*17-12-5-6-14-13(7-12)18(15(19)9-22-14)8-10-1-3-11(4-2-10)16(20)21/h2*1-7H,8-9H2,(H,20,21). The molecule has 2 aliphatic rings. The molecule has 0 spiro atoms. The number of carboxylic acids is 2. The summed E-state index contributed by atoms with van der Waals surface area (Å²) in [6.07, 6.45) is 0. The number of benzene rings is 4. The first-order valence-electron chi connectivity index (χ1n) is 13.2. The molecule has 12 heteroatoms. The lowest BCUT2D eigenvalue weighted by Crippen LogP contribution is -2.38. The van der Waals surface area contributed by atoms with Gasteiger partial charge >= 0.3 is 11.9 Å². The van der Waals surface area contributed by atoms with Gasteiger partial charge in [-0.15, -0.1) is 0 Å². The van der Waals surface area contributed by atoms with E-state index in [-0.39, 0.29) is 36.2 Å². The number of anilines is 2. The summed E-state index contributed by atoms with van der Waals surface area (Å²) in [6, 6.07) is 23.0. The van der Waals surface area contributed by atoms with Crippen LogP contribution in [0.25, 0.3) is 0 Å². The van der Waals surface area contributed by atoms with Crippen molar-refractivity contribution in [2.24, 2.45) is 0 Å². The SMILES string of the molecule is O=C(O)c1ccc(CN2C(=O)COc3ccc(Cl)cc32)cc1.O=C(O)c1ccc(CN2C(=O)COc3ccc(Cl)cc32)cc1. The molecule has 224 valence electrons. The van der Waals surface area contributed by atoms with Gasteiger partial charge in [0.05, 0.1) is 35.6 Å². The number of hydrogen-bond donors (Lipinski definition) is 2. The molecular formula is C32H24Cl2N2O8. The van der Waals surface area contributed by atoms with Crippen molar-refractivity contribution in [3.8, 4) is 11.5 Å². The van der Waals surface area contributed by atoms with Gasteiger partial charge in [-0.05, 0) is 71.8 Å². The molecule has 4 aromatic carbocycles. The number of halogens is 2. The van der Waals surface area contributed by atoms with Crippen molar-refractivity contribution in [2.75, 3.05) is 23.0 Å². The van der Waals surface area contributed by atoms with Crippen molar-refractivity contribution < 1.29 is 38.9 Å². The van der Waals surface area contributed by atoms with Gasteiger partial charge in [0.15, 0.2) is 13.2 Å². The van der Waals surface area contributed by atoms with Crippen molar-refractivity contribution in [1.82, 2.24) is 0 Å². The maximum absolute atomic E-state index is 12.1. The Morgan fingerprint density at radius 2 is 0.977 bits per heavy atom. The Bertz CT molecular complexity index is 1610. The fourth-order valence-electron chi connectivity index (χ4n) is 4.57. The van der Waals surface area contributed by atoms with Gasteiger partial charge in [-0.25, -0.2) is 9.59 Å². The highest BCUT2D eigenvalue weighted by Gasteiger charge is 2.27. The predicted octanol–water partition coefficient (Wildman–Crippen LogP) is 5.93. The molecular weight excluding hydrogens is 611 g/mol. The Labute approximate surface area is 261 Å². The average molecular weight is 635 g/mol. The van der Waals surface area contributed by atoms with Gasteiger partial charge < -0.3 is 29.5 Å². The minimum Gasteiger partial charge on any atom is -0.482 e. The van der Waals surface area contributed by atoms with Crippen LogP contribution < -0.4 is 19.3 Å². The Morgan fingerprint density at radius 3 is 1.32 bits per heavy atom. The normalized spacial score (nSPS) is 13.5. The molecule has 0 unspecified atom stereocenters. The first-order chi connectivity index (χ1) is 21.1. The lowest BCUT2D eigenvalue weighted by Gasteiger charge is -2.29. The Kier molecular flexibility index (Phi) is 9.03. The summed E-state index contributed by atoms with van der Waals surface area (Å²) >= 11 is 12.0. The molecule has 10 nitrogen and oxygen atoms in total. The van der Waals surface area contributed by atoms with Crippen LogP contribution in [-0.2, 0) is 22.7 Å². The average Bonchev–Trinajstić information content (AvgIpc) is 3.01. The molecule has 0 aliphatic carbocycles. The maximum Gasteiger partial charge on any atom is 0.335 e. The number of hydrogen-bond acceptors (Lipinski definition) is 6. The fourth-order valence-corrected chi connectivity index (χ4v) is 4.90. The zero-order chi connectivity index (χ0) is 31.4. The van der Waals surface area contributed by atoms with Gasteiger partial charge in [0, 0.05) is 10.0 Å². The van der Waals surface area contributed by atoms with Crippen LogP contribution in [0.2, 0.25) is 10.0 Å². The quantitative estimate of drug-likeness (QED) is 0.267. The highest BCUT2D eigenvalue weighted by molar-refractivity contribution is 6.31. The first kappa shape index (κ1) is 30.4. The van der Waals surface area contributed by atoms with Gasteiger partial charge in [0.25, 0.3) is 11.8 Å². The van der Waals surface area contributed by atoms with E-state index in [4.69, 9.17) is 42.9 Å². The van der Waals surface area contributed by atoms with Crippen molar-refractivity contribution >= 4 is 58.3 Å². The topological polar surface area (TPSA) is 134 Å². The third-order valence-electron chi connectivity index (χ3n) is 6.81. The molecule has 4 aromatic rings. The van der Waals surface area contributed by atoms with E-state index in [1.807, 2.05) is 0 Å². The first-order valence-corrected chi connectivity index (χ1v) is 13.9. The van der Waals surface area contributed by atoms with Crippen molar-refractivity contribution in [1.29, 1.82) is 0 Å². The van der Waals surface area contributed by atoms with Crippen LogP contribution in [0.5, 0.6) is 11.5 Å². The van der Waals surface area contributed by atoms with Crippen molar-refractivity contribution in [3.63, 3.8) is 0 Å². The van der Waals surface area contributed by atoms with Crippen molar-refractivity contribution in [3.05, 3.63) is 117 Å². The van der Waals surface area contributed by atoms with Gasteiger partial charge in [-0.1, -0.05) is 47.5 Å². The van der Waals surface area contributed by atoms with Crippen LogP contribution in [-0.4, -0.2) is 47.2 Å². The number of rotatable bonds is 6. The van der Waals surface area contributed by atoms with E-state index in [1.165, 1.54) is 24.3 Å². The number of aromatic carboxylic acids is 2. The van der Waals surface area contributed by atoms with Crippen LogP contribution in [0.1, 0.15) is 31.8 Å². The summed E-state index contributed by atoms with van der Waals surface area (Å²) in [7, 11) is 0. The summed E-state index contributed by atoms with van der Waals surface area (Å²) in [5, 5.41) is 18.8. The van der Waals surface area contributed by atoms with E-state index in [2.05, 4.69) is 0 Å². The molecule has 2 heterocycles. The van der Waals surface area contributed by atoms with E-state index < -0.39 is 11.9 Å². The number of ether oxygens (including phenoxy) is 2. The fraction of sp³-hybridized carbons (Fsp3) is 0.125. The molecule has 0 bridgehead atoms. The molecule has 0 atom stereocenters. The van der Waals surface area contributed by atoms with E-state index in [1.54, 1.807) is 70.5 Å². The number of carbonyl (C=O) groups excluding carboxylic acids is 2. The number of carboxylic acid groups (broad SMARTS) is 2. The number of nitrogens with zero attached hydrogens (tertiary/aromatic N) is 2. The molecule has 2 N–H and O–H groups in total. The summed E-state index contributed by atoms with van der Waals surface area (Å²) in [6.45, 7) is 0.606. The summed E-state index contributed by atoms with van der Waals surface area (Å²) in [4.78, 5) is 49.1. The minimum absolute atomic E-state index is 0.0260. The number of fused-ring (bicyclic) bond motifs is 2. The monoisotopic (exact) mass is 634 g/mol. The highest BCUT2D eigenvalue weighted by atomic mass is 35.5. The summed E-state index contributed by atoms with van der Waals surface area (Å²) in [5.41, 5.74) is 3.30. The van der Waals surface area contributed by atoms with Crippen LogP contribution in [0.15, 0.2) is 84.9 Å². The van der Waals surface area contributed by atoms with E-state index >= 15 is 0 Å². The summed E-state index contributed by atoms with van der Waals surface area (Å²) in [5.74, 6) is -1.09. The lowest BCUT2D eigenvalue weighted by atomic mass is 10.1. The Morgan fingerprint density at radius 1 is 0.614 bits per heavy atom. The minimum atomic E-state index is -0.980. The largest absolute Gasteiger partial charge is 0.482 e. The molecule has 2 aliphatic heterocycles. The molecule has 2 amide bonds. The third-order valence-corrected chi connectivity index (χ3v) is 7.28. The Balaban J connectivity index is 0.000000175. The zero-order valence-electron chi connectivity index (χ0n) is 22.9. The molecule has 0 aromatic heterocycles. The lowest BCUT2D eigenvalue weighted by molar-refractivity contribution is -0.122. The second-order valence-electron chi connectivity index (χ2n) is 9.77. The van der Waals surface area contributed by atoms with Crippen LogP contribution in [0.3, 0.4) is 0 Å². The Hall–Kier alpha value is -5.06. The molecule has 44 heavy (non-hydrogen) atoms. The second-order valence-corrected chi connectivity index (χ2v) is 10.6. The van der Waals surface area contributed by atoms with Crippen LogP contribution in [0, 0.1) is 0 Å². The number of carbonyl (C=O) groups is 4. The second kappa shape index (κ2) is 13.1. The summed E-state index contributed by atoms with van der Waals surface area (Å²) < 4.78 is 10.8. The maximum atomic E-state index is 12.1. The third kappa shape index (κ3) is 6.94. The molecule has 0 saturated heterocycles. The van der Waals surface area contributed by atoms with Crippen LogP contribution >= 0.6 is 23.2 Å². The zero-order valence-corrected chi connectivity index (χ0v) is 24.4. The van der Waals surface area contributed by atoms with E-state index in [0.29, 0.717) is 46.0 Å². The molecule has 0 radical (unpaired) electrons. The molecule has 0 fully saturated rings. The highest BCUT2D eigenvalue weighted by Crippen LogP contribution is 2.36. The van der Waals surface area contributed by atoms with Gasteiger partial charge in [-0.2, -0.15) is 0 Å². The molecule has 6 rings (SSSR count). The number of amides is 2. The van der Waals surface area contributed by atoms with Crippen LogP contribution in [0.4, 0.5) is 11.4 Å². The van der Waals surface area contributed by atoms with Crippen molar-refractivity contribution in [2.45, 2.75) is 13.1 Å². The van der Waals surface area contributed by atoms with Gasteiger partial charge in [0.2, 0.25) is 0 Å². The van der Waals surface area contributed by atoms with Gasteiger partial charge in [-0.3, -0.25) is 9.59 Å². The smallest absolute Gasteiger partial charge is 0.335 e.